The van der Waals surface area contributed by atoms with E-state index in [1.165, 1.54) is 25.7 Å². The first-order valence-electron chi connectivity index (χ1n) is 7.70. The van der Waals surface area contributed by atoms with Crippen molar-refractivity contribution in [1.29, 1.82) is 0 Å². The molecule has 0 aromatic carbocycles. The Morgan fingerprint density at radius 2 is 1.90 bits per heavy atom. The molecular formula is C15H27N3O2. The summed E-state index contributed by atoms with van der Waals surface area (Å²) in [4.78, 5) is 23.8. The van der Waals surface area contributed by atoms with Gasteiger partial charge in [0.15, 0.2) is 0 Å². The number of rotatable bonds is 3. The lowest BCUT2D eigenvalue weighted by Gasteiger charge is -2.24. The van der Waals surface area contributed by atoms with E-state index in [2.05, 4.69) is 16.0 Å². The minimum Gasteiger partial charge on any atom is -0.350 e. The second-order valence-corrected chi connectivity index (χ2v) is 7.12. The summed E-state index contributed by atoms with van der Waals surface area (Å²) < 4.78 is 0. The molecule has 1 heterocycles. The molecule has 0 radical (unpaired) electrons. The minimum atomic E-state index is -0.262. The van der Waals surface area contributed by atoms with E-state index in [1.807, 2.05) is 20.8 Å². The maximum absolute atomic E-state index is 12.1. The smallest absolute Gasteiger partial charge is 0.239 e. The molecule has 2 aliphatic rings. The highest BCUT2D eigenvalue weighted by molar-refractivity contribution is 5.87. The fraction of sp³-hybridized carbons (Fsp3) is 0.867. The largest absolute Gasteiger partial charge is 0.350 e. The topological polar surface area (TPSA) is 70.2 Å². The summed E-state index contributed by atoms with van der Waals surface area (Å²) in [5.74, 6) is 0.465. The van der Waals surface area contributed by atoms with Gasteiger partial charge in [-0.05, 0) is 46.0 Å². The second kappa shape index (κ2) is 6.12. The quantitative estimate of drug-likeness (QED) is 0.721. The number of carbonyl (C=O) groups excluding carboxylic acids is 2. The highest BCUT2D eigenvalue weighted by Gasteiger charge is 2.38. The van der Waals surface area contributed by atoms with Crippen molar-refractivity contribution < 1.29 is 9.59 Å². The molecule has 2 amide bonds. The van der Waals surface area contributed by atoms with Gasteiger partial charge in [0.05, 0.1) is 12.6 Å². The molecule has 1 saturated heterocycles. The summed E-state index contributed by atoms with van der Waals surface area (Å²) in [5.41, 5.74) is -0.262. The molecule has 5 nitrogen and oxygen atoms in total. The number of carbonyl (C=O) groups is 2. The Bertz CT molecular complexity index is 362. The standard InChI is InChI=1S/C15H27N3O2/c1-15(2,3)18-13(19)9-16-14(20)12-8-10-6-4-5-7-11(10)17-12/h10-12,17H,4-9H2,1-3H3,(H,16,20)(H,18,19). The zero-order chi connectivity index (χ0) is 14.8. The van der Waals surface area contributed by atoms with E-state index >= 15 is 0 Å². The minimum absolute atomic E-state index is 0.0385. The Hall–Kier alpha value is -1.10. The number of nitrogens with one attached hydrogen (secondary N) is 3. The molecule has 2 rings (SSSR count). The van der Waals surface area contributed by atoms with Crippen LogP contribution in [0.4, 0.5) is 0 Å². The molecule has 3 unspecified atom stereocenters. The van der Waals surface area contributed by atoms with Crippen LogP contribution in [0, 0.1) is 5.92 Å². The van der Waals surface area contributed by atoms with Crippen molar-refractivity contribution in [3.8, 4) is 0 Å². The van der Waals surface area contributed by atoms with E-state index in [4.69, 9.17) is 0 Å². The zero-order valence-electron chi connectivity index (χ0n) is 12.8. The lowest BCUT2D eigenvalue weighted by Crippen LogP contribution is -2.49. The van der Waals surface area contributed by atoms with Crippen molar-refractivity contribution in [2.45, 2.75) is 70.5 Å². The molecule has 0 spiro atoms. The van der Waals surface area contributed by atoms with Crippen molar-refractivity contribution in [2.24, 2.45) is 5.92 Å². The predicted molar refractivity (Wildman–Crippen MR) is 78.2 cm³/mol. The molecule has 3 N–H and O–H groups in total. The van der Waals surface area contributed by atoms with Gasteiger partial charge < -0.3 is 16.0 Å². The molecule has 0 aromatic rings. The molecule has 1 aliphatic heterocycles. The lowest BCUT2D eigenvalue weighted by molar-refractivity contribution is -0.127. The van der Waals surface area contributed by atoms with Gasteiger partial charge in [-0.2, -0.15) is 0 Å². The number of fused-ring (bicyclic) bond motifs is 1. The monoisotopic (exact) mass is 281 g/mol. The Morgan fingerprint density at radius 3 is 2.55 bits per heavy atom. The van der Waals surface area contributed by atoms with Crippen LogP contribution >= 0.6 is 0 Å². The first-order chi connectivity index (χ1) is 9.35. The van der Waals surface area contributed by atoms with Crippen LogP contribution in [-0.2, 0) is 9.59 Å². The van der Waals surface area contributed by atoms with Crippen molar-refractivity contribution in [3.63, 3.8) is 0 Å². The highest BCUT2D eigenvalue weighted by atomic mass is 16.2. The lowest BCUT2D eigenvalue weighted by atomic mass is 9.85. The highest BCUT2D eigenvalue weighted by Crippen LogP contribution is 2.33. The summed E-state index contributed by atoms with van der Waals surface area (Å²) in [7, 11) is 0. The number of amides is 2. The van der Waals surface area contributed by atoms with Gasteiger partial charge in [-0.15, -0.1) is 0 Å². The van der Waals surface area contributed by atoms with Crippen molar-refractivity contribution in [1.82, 2.24) is 16.0 Å². The third-order valence-corrected chi connectivity index (χ3v) is 4.12. The van der Waals surface area contributed by atoms with Crippen LogP contribution in [0.25, 0.3) is 0 Å². The van der Waals surface area contributed by atoms with Crippen LogP contribution in [0.3, 0.4) is 0 Å². The van der Waals surface area contributed by atoms with Crippen molar-refractivity contribution >= 4 is 11.8 Å². The third-order valence-electron chi connectivity index (χ3n) is 4.12. The SMILES string of the molecule is CC(C)(C)NC(=O)CNC(=O)C1CC2CCCCC2N1. The normalized spacial score (nSPS) is 29.6. The van der Waals surface area contributed by atoms with Gasteiger partial charge in [-0.25, -0.2) is 0 Å². The first kappa shape index (κ1) is 15.3. The van der Waals surface area contributed by atoms with E-state index in [9.17, 15) is 9.59 Å². The molecule has 0 bridgehead atoms. The maximum Gasteiger partial charge on any atom is 0.239 e. The fourth-order valence-corrected chi connectivity index (χ4v) is 3.27. The summed E-state index contributed by atoms with van der Waals surface area (Å²) in [6.45, 7) is 5.84. The van der Waals surface area contributed by atoms with Gasteiger partial charge >= 0.3 is 0 Å². The zero-order valence-corrected chi connectivity index (χ0v) is 12.8. The van der Waals surface area contributed by atoms with Crippen LogP contribution in [0.5, 0.6) is 0 Å². The Balaban J connectivity index is 1.74. The molecule has 1 aliphatic carbocycles. The van der Waals surface area contributed by atoms with Crippen LogP contribution in [0.2, 0.25) is 0 Å². The summed E-state index contributed by atoms with van der Waals surface area (Å²) >= 11 is 0. The van der Waals surface area contributed by atoms with Crippen molar-refractivity contribution in [3.05, 3.63) is 0 Å². The molecule has 3 atom stereocenters. The summed E-state index contributed by atoms with van der Waals surface area (Å²) in [5, 5.41) is 9.00. The first-order valence-corrected chi connectivity index (χ1v) is 7.70. The van der Waals surface area contributed by atoms with E-state index < -0.39 is 0 Å². The van der Waals surface area contributed by atoms with Gasteiger partial charge in [-0.3, -0.25) is 9.59 Å². The van der Waals surface area contributed by atoms with E-state index in [0.29, 0.717) is 12.0 Å². The van der Waals surface area contributed by atoms with Gasteiger partial charge in [0.1, 0.15) is 0 Å². The van der Waals surface area contributed by atoms with Crippen LogP contribution < -0.4 is 16.0 Å². The fourth-order valence-electron chi connectivity index (χ4n) is 3.27. The van der Waals surface area contributed by atoms with Crippen LogP contribution in [-0.4, -0.2) is 36.0 Å². The van der Waals surface area contributed by atoms with E-state index in [0.717, 1.165) is 6.42 Å². The van der Waals surface area contributed by atoms with Gasteiger partial charge in [-0.1, -0.05) is 12.8 Å². The van der Waals surface area contributed by atoms with Gasteiger partial charge in [0, 0.05) is 11.6 Å². The Kier molecular flexibility index (Phi) is 4.68. The molecular weight excluding hydrogens is 254 g/mol. The molecule has 0 aromatic heterocycles. The van der Waals surface area contributed by atoms with Crippen LogP contribution in [0.15, 0.2) is 0 Å². The van der Waals surface area contributed by atoms with E-state index in [1.54, 1.807) is 0 Å². The molecule has 20 heavy (non-hydrogen) atoms. The van der Waals surface area contributed by atoms with Gasteiger partial charge in [0.25, 0.3) is 0 Å². The molecule has 5 heteroatoms. The van der Waals surface area contributed by atoms with E-state index in [-0.39, 0.29) is 29.9 Å². The molecule has 1 saturated carbocycles. The predicted octanol–water partition coefficient (Wildman–Crippen LogP) is 0.938. The average molecular weight is 281 g/mol. The summed E-state index contributed by atoms with van der Waals surface area (Å²) in [6.07, 6.45) is 5.87. The second-order valence-electron chi connectivity index (χ2n) is 7.12. The Morgan fingerprint density at radius 1 is 1.20 bits per heavy atom. The van der Waals surface area contributed by atoms with Crippen LogP contribution in [0.1, 0.15) is 52.9 Å². The van der Waals surface area contributed by atoms with Gasteiger partial charge in [0.2, 0.25) is 11.8 Å². The molecule has 114 valence electrons. The average Bonchev–Trinajstić information content (AvgIpc) is 2.77. The summed E-state index contributed by atoms with van der Waals surface area (Å²) in [6, 6.07) is 0.383. The number of hydrogen-bond donors (Lipinski definition) is 3. The maximum atomic E-state index is 12.1. The number of hydrogen-bond acceptors (Lipinski definition) is 3. The Labute approximate surface area is 121 Å². The van der Waals surface area contributed by atoms with Crippen molar-refractivity contribution in [2.75, 3.05) is 6.54 Å². The third kappa shape index (κ3) is 4.20. The molecule has 2 fully saturated rings.